The molecule has 0 unspecified atom stereocenters. The summed E-state index contributed by atoms with van der Waals surface area (Å²) in [6.45, 7) is 1.35. The van der Waals surface area contributed by atoms with Crippen molar-refractivity contribution in [3.63, 3.8) is 0 Å². The van der Waals surface area contributed by atoms with E-state index in [0.29, 0.717) is 55.9 Å². The first-order valence-corrected chi connectivity index (χ1v) is 11.2. The maximum absolute atomic E-state index is 14.1. The number of carbonyl (C=O) groups is 2. The van der Waals surface area contributed by atoms with Gasteiger partial charge < -0.3 is 4.90 Å². The van der Waals surface area contributed by atoms with Crippen molar-refractivity contribution < 1.29 is 18.8 Å². The predicted molar refractivity (Wildman–Crippen MR) is 119 cm³/mol. The van der Waals surface area contributed by atoms with Gasteiger partial charge in [-0.2, -0.15) is 5.10 Å². The number of nitrogens with one attached hydrogen (secondary N) is 1. The van der Waals surface area contributed by atoms with Crippen molar-refractivity contribution in [2.45, 2.75) is 37.8 Å². The Balaban J connectivity index is 1.24. The summed E-state index contributed by atoms with van der Waals surface area (Å²) in [5.41, 5.74) is 1.69. The minimum atomic E-state index is -0.385. The maximum atomic E-state index is 14.1. The highest BCUT2D eigenvalue weighted by Crippen LogP contribution is 2.40. The Morgan fingerprint density at radius 3 is 2.55 bits per heavy atom. The number of amides is 2. The molecule has 33 heavy (non-hydrogen) atoms. The van der Waals surface area contributed by atoms with Crippen LogP contribution in [-0.2, 0) is 16.2 Å². The van der Waals surface area contributed by atoms with E-state index in [1.807, 2.05) is 30.3 Å². The van der Waals surface area contributed by atoms with E-state index < -0.39 is 0 Å². The molecule has 170 valence electrons. The summed E-state index contributed by atoms with van der Waals surface area (Å²) in [4.78, 5) is 33.3. The molecule has 3 heterocycles. The second-order valence-electron chi connectivity index (χ2n) is 8.61. The number of hydroxylamine groups is 2. The number of aromatic amines is 1. The van der Waals surface area contributed by atoms with E-state index in [1.54, 1.807) is 34.2 Å². The van der Waals surface area contributed by atoms with E-state index in [2.05, 4.69) is 10.2 Å². The zero-order valence-corrected chi connectivity index (χ0v) is 18.2. The summed E-state index contributed by atoms with van der Waals surface area (Å²) < 4.78 is 14.1. The fourth-order valence-electron chi connectivity index (χ4n) is 4.72. The first-order chi connectivity index (χ1) is 16.1. The molecular formula is C25H25FN4O3. The maximum Gasteiger partial charge on any atom is 0.271 e. The minimum absolute atomic E-state index is 0.00574. The highest BCUT2D eigenvalue weighted by molar-refractivity contribution is 5.93. The van der Waals surface area contributed by atoms with Crippen LogP contribution in [-0.4, -0.2) is 50.6 Å². The summed E-state index contributed by atoms with van der Waals surface area (Å²) >= 11 is 0. The second kappa shape index (κ2) is 8.78. The molecule has 2 fully saturated rings. The van der Waals surface area contributed by atoms with E-state index in [1.165, 1.54) is 6.07 Å². The van der Waals surface area contributed by atoms with Gasteiger partial charge in [-0.15, -0.1) is 0 Å². The molecule has 2 aliphatic rings. The van der Waals surface area contributed by atoms with Crippen molar-refractivity contribution in [2.75, 3.05) is 13.1 Å². The standard InChI is InChI=1S/C25H25FN4O3/c26-20-9-5-4-8-19(20)21-16-22(28-27-21)24(32)29-14-12-25(13-15-29)11-10-23(31)30(25)33-17-18-6-2-1-3-7-18/h1-9,16H,10-15,17H2,(H,27,28). The van der Waals surface area contributed by atoms with Gasteiger partial charge in [-0.3, -0.25) is 19.5 Å². The van der Waals surface area contributed by atoms with Crippen LogP contribution in [0.15, 0.2) is 60.7 Å². The molecule has 1 aromatic heterocycles. The third-order valence-corrected chi connectivity index (χ3v) is 6.60. The molecule has 2 saturated heterocycles. The lowest BCUT2D eigenvalue weighted by molar-refractivity contribution is -0.221. The van der Waals surface area contributed by atoms with Gasteiger partial charge in [0.2, 0.25) is 5.91 Å². The second-order valence-corrected chi connectivity index (χ2v) is 8.61. The smallest absolute Gasteiger partial charge is 0.271 e. The van der Waals surface area contributed by atoms with E-state index in [4.69, 9.17) is 4.84 Å². The van der Waals surface area contributed by atoms with Gasteiger partial charge in [0.15, 0.2) is 0 Å². The Morgan fingerprint density at radius 1 is 1.06 bits per heavy atom. The molecule has 0 saturated carbocycles. The molecule has 2 aromatic carbocycles. The third kappa shape index (κ3) is 4.14. The molecule has 8 heteroatoms. The lowest BCUT2D eigenvalue weighted by Gasteiger charge is -2.43. The number of hydrogen-bond acceptors (Lipinski definition) is 4. The van der Waals surface area contributed by atoms with Crippen LogP contribution in [0.25, 0.3) is 11.3 Å². The Kier molecular flexibility index (Phi) is 5.68. The van der Waals surface area contributed by atoms with Crippen molar-refractivity contribution in [1.29, 1.82) is 0 Å². The van der Waals surface area contributed by atoms with E-state index >= 15 is 0 Å². The predicted octanol–water partition coefficient (Wildman–Crippen LogP) is 3.94. The van der Waals surface area contributed by atoms with Crippen molar-refractivity contribution >= 4 is 11.8 Å². The Labute approximate surface area is 191 Å². The summed E-state index contributed by atoms with van der Waals surface area (Å²) in [6.07, 6.45) is 2.47. The number of rotatable bonds is 5. The summed E-state index contributed by atoms with van der Waals surface area (Å²) in [5, 5.41) is 8.43. The average Bonchev–Trinajstić information content (AvgIpc) is 3.44. The van der Waals surface area contributed by atoms with Crippen LogP contribution in [0.3, 0.4) is 0 Å². The summed E-state index contributed by atoms with van der Waals surface area (Å²) in [6, 6.07) is 17.7. The molecule has 7 nitrogen and oxygen atoms in total. The number of likely N-dealkylation sites (tertiary alicyclic amines) is 1. The normalized spacial score (nSPS) is 17.7. The molecular weight excluding hydrogens is 423 g/mol. The number of hydrogen-bond donors (Lipinski definition) is 1. The van der Waals surface area contributed by atoms with Crippen molar-refractivity contribution in [3.8, 4) is 11.3 Å². The van der Waals surface area contributed by atoms with Gasteiger partial charge in [0.1, 0.15) is 18.1 Å². The molecule has 1 N–H and O–H groups in total. The molecule has 3 aromatic rings. The zero-order chi connectivity index (χ0) is 22.8. The van der Waals surface area contributed by atoms with E-state index in [9.17, 15) is 14.0 Å². The third-order valence-electron chi connectivity index (χ3n) is 6.60. The highest BCUT2D eigenvalue weighted by Gasteiger charge is 2.49. The quantitative estimate of drug-likeness (QED) is 0.641. The number of nitrogens with zero attached hydrogens (tertiary/aromatic N) is 3. The number of carbonyl (C=O) groups excluding carboxylic acids is 2. The topological polar surface area (TPSA) is 78.5 Å². The Morgan fingerprint density at radius 2 is 1.79 bits per heavy atom. The first kappa shape index (κ1) is 21.3. The average molecular weight is 448 g/mol. The molecule has 0 bridgehead atoms. The van der Waals surface area contributed by atoms with Crippen molar-refractivity contribution in [1.82, 2.24) is 20.2 Å². The van der Waals surface area contributed by atoms with Crippen LogP contribution in [0, 0.1) is 5.82 Å². The fourth-order valence-corrected chi connectivity index (χ4v) is 4.72. The van der Waals surface area contributed by atoms with E-state index in [-0.39, 0.29) is 23.2 Å². The van der Waals surface area contributed by atoms with Gasteiger partial charge in [0.25, 0.3) is 5.91 Å². The zero-order valence-electron chi connectivity index (χ0n) is 18.2. The van der Waals surface area contributed by atoms with Gasteiger partial charge in [-0.05, 0) is 43.0 Å². The Bertz CT molecular complexity index is 1160. The van der Waals surface area contributed by atoms with Crippen LogP contribution < -0.4 is 0 Å². The Hall–Kier alpha value is -3.52. The number of piperidine rings is 1. The van der Waals surface area contributed by atoms with Crippen LogP contribution in [0.1, 0.15) is 41.7 Å². The van der Waals surface area contributed by atoms with Crippen LogP contribution in [0.2, 0.25) is 0 Å². The number of H-pyrrole nitrogens is 1. The SMILES string of the molecule is O=C(c1cc(-c2ccccc2F)n[nH]1)N1CCC2(CCC(=O)N2OCc2ccccc2)CC1. The first-order valence-electron chi connectivity index (χ1n) is 11.2. The van der Waals surface area contributed by atoms with E-state index in [0.717, 1.165) is 12.0 Å². The molecule has 5 rings (SSSR count). The molecule has 1 spiro atoms. The lowest BCUT2D eigenvalue weighted by atomic mass is 9.86. The van der Waals surface area contributed by atoms with Gasteiger partial charge in [-0.1, -0.05) is 42.5 Å². The van der Waals surface area contributed by atoms with Crippen molar-refractivity contribution in [3.05, 3.63) is 77.7 Å². The largest absolute Gasteiger partial charge is 0.337 e. The fraction of sp³-hybridized carbons (Fsp3) is 0.320. The van der Waals surface area contributed by atoms with Crippen molar-refractivity contribution in [2.24, 2.45) is 0 Å². The van der Waals surface area contributed by atoms with Gasteiger partial charge in [-0.25, -0.2) is 9.45 Å². The molecule has 0 atom stereocenters. The molecule has 0 radical (unpaired) electrons. The van der Waals surface area contributed by atoms with Crippen LogP contribution in [0.4, 0.5) is 4.39 Å². The summed E-state index contributed by atoms with van der Waals surface area (Å²) in [7, 11) is 0. The molecule has 2 amide bonds. The minimum Gasteiger partial charge on any atom is -0.337 e. The van der Waals surface area contributed by atoms with Gasteiger partial charge in [0, 0.05) is 25.1 Å². The van der Waals surface area contributed by atoms with Gasteiger partial charge in [0.05, 0.1) is 11.2 Å². The monoisotopic (exact) mass is 448 g/mol. The number of aromatic nitrogens is 2. The lowest BCUT2D eigenvalue weighted by Crippen LogP contribution is -2.54. The highest BCUT2D eigenvalue weighted by atomic mass is 19.1. The number of halogens is 1. The van der Waals surface area contributed by atoms with Crippen LogP contribution in [0.5, 0.6) is 0 Å². The molecule has 0 aliphatic carbocycles. The van der Waals surface area contributed by atoms with Gasteiger partial charge >= 0.3 is 0 Å². The number of benzene rings is 2. The molecule has 2 aliphatic heterocycles. The van der Waals surface area contributed by atoms with Crippen LogP contribution >= 0.6 is 0 Å². The summed E-state index contributed by atoms with van der Waals surface area (Å²) in [5.74, 6) is -0.570.